The number of hydrogen-bond donors (Lipinski definition) is 0. The maximum atomic E-state index is 12.3. The molecule has 0 aliphatic carbocycles. The van der Waals surface area contributed by atoms with E-state index in [1.807, 2.05) is 12.1 Å². The number of amides is 1. The zero-order valence-corrected chi connectivity index (χ0v) is 14.7. The molecule has 0 unspecified atom stereocenters. The van der Waals surface area contributed by atoms with Crippen molar-refractivity contribution in [3.8, 4) is 11.5 Å². The van der Waals surface area contributed by atoms with Crippen molar-refractivity contribution >= 4 is 5.91 Å². The molecule has 0 N–H and O–H groups in total. The predicted molar refractivity (Wildman–Crippen MR) is 90.3 cm³/mol. The van der Waals surface area contributed by atoms with Crippen LogP contribution in [0.4, 0.5) is 0 Å². The lowest BCUT2D eigenvalue weighted by atomic mass is 9.89. The normalized spacial score (nSPS) is 16.7. The van der Waals surface area contributed by atoms with E-state index < -0.39 is 6.29 Å². The molecular weight excluding hydrogens is 310 g/mol. The first kappa shape index (κ1) is 18.3. The van der Waals surface area contributed by atoms with Gasteiger partial charge in [0.1, 0.15) is 0 Å². The van der Waals surface area contributed by atoms with E-state index >= 15 is 0 Å². The largest absolute Gasteiger partial charge is 0.493 e. The van der Waals surface area contributed by atoms with Crippen molar-refractivity contribution in [1.29, 1.82) is 0 Å². The van der Waals surface area contributed by atoms with E-state index in [-0.39, 0.29) is 11.9 Å². The lowest BCUT2D eigenvalue weighted by molar-refractivity contribution is -0.137. The number of carbonyl (C=O) groups is 1. The summed E-state index contributed by atoms with van der Waals surface area (Å²) in [5, 5.41) is 0. The van der Waals surface area contributed by atoms with Crippen LogP contribution in [0.25, 0.3) is 0 Å². The molecule has 1 amide bonds. The highest BCUT2D eigenvalue weighted by molar-refractivity contribution is 5.87. The Morgan fingerprint density at radius 2 is 1.88 bits per heavy atom. The lowest BCUT2D eigenvalue weighted by Gasteiger charge is -2.38. The minimum absolute atomic E-state index is 0.105. The second-order valence-electron chi connectivity index (χ2n) is 5.54. The number of nitrogens with zero attached hydrogens (tertiary/aromatic N) is 1. The highest BCUT2D eigenvalue weighted by atomic mass is 16.7. The summed E-state index contributed by atoms with van der Waals surface area (Å²) < 4.78 is 21.5. The molecule has 1 atom stereocenters. The molecule has 6 heteroatoms. The molecule has 1 heterocycles. The average Bonchev–Trinajstić information content (AvgIpc) is 2.63. The first-order valence-electron chi connectivity index (χ1n) is 7.83. The summed E-state index contributed by atoms with van der Waals surface area (Å²) in [6, 6.07) is 3.74. The lowest BCUT2D eigenvalue weighted by Crippen LogP contribution is -2.41. The number of rotatable bonds is 7. The van der Waals surface area contributed by atoms with Crippen LogP contribution in [0, 0.1) is 0 Å². The van der Waals surface area contributed by atoms with Crippen molar-refractivity contribution in [2.75, 3.05) is 35.0 Å². The second kappa shape index (κ2) is 8.17. The number of hydrogen-bond acceptors (Lipinski definition) is 5. The monoisotopic (exact) mass is 335 g/mol. The molecule has 0 spiro atoms. The smallest absolute Gasteiger partial charge is 0.246 e. The van der Waals surface area contributed by atoms with Crippen LogP contribution in [-0.2, 0) is 20.7 Å². The third-order valence-electron chi connectivity index (χ3n) is 4.40. The number of carbonyl (C=O) groups excluding carboxylic acids is 1. The van der Waals surface area contributed by atoms with Gasteiger partial charge in [-0.15, -0.1) is 0 Å². The summed E-state index contributed by atoms with van der Waals surface area (Å²) in [6.45, 7) is 4.22. The van der Waals surface area contributed by atoms with Gasteiger partial charge in [0.15, 0.2) is 17.8 Å². The minimum atomic E-state index is -0.408. The number of methoxy groups -OCH3 is 4. The molecule has 1 aliphatic heterocycles. The molecule has 2 rings (SSSR count). The number of ether oxygens (including phenoxy) is 4. The van der Waals surface area contributed by atoms with Crippen molar-refractivity contribution < 1.29 is 23.7 Å². The Hall–Kier alpha value is -2.05. The van der Waals surface area contributed by atoms with Crippen LogP contribution < -0.4 is 9.47 Å². The van der Waals surface area contributed by atoms with Gasteiger partial charge in [0.25, 0.3) is 0 Å². The number of benzene rings is 1. The second-order valence-corrected chi connectivity index (χ2v) is 5.54. The molecule has 0 fully saturated rings. The van der Waals surface area contributed by atoms with E-state index in [0.717, 1.165) is 17.5 Å². The van der Waals surface area contributed by atoms with Crippen molar-refractivity contribution in [2.45, 2.75) is 25.2 Å². The average molecular weight is 335 g/mol. The van der Waals surface area contributed by atoms with Crippen LogP contribution in [0.3, 0.4) is 0 Å². The third-order valence-corrected chi connectivity index (χ3v) is 4.40. The standard InChI is InChI=1S/C18H25NO5/c1-6-17(20)19-8-7-12-9-15(21-2)16(22-3)10-13(12)14(19)11-18(23-4)24-5/h6,9-10,14,18H,1,7-8,11H2,2-5H3/t14-/m1/s1. The summed E-state index contributed by atoms with van der Waals surface area (Å²) in [5.74, 6) is 1.22. The Balaban J connectivity index is 2.48. The molecule has 132 valence electrons. The molecule has 1 aliphatic rings. The fourth-order valence-electron chi connectivity index (χ4n) is 3.13. The SMILES string of the molecule is C=CC(=O)N1CCc2cc(OC)c(OC)cc2[C@H]1CC(OC)OC. The summed E-state index contributed by atoms with van der Waals surface area (Å²) >= 11 is 0. The zero-order chi connectivity index (χ0) is 17.7. The summed E-state index contributed by atoms with van der Waals surface area (Å²) in [6.07, 6.45) is 2.20. The third kappa shape index (κ3) is 3.55. The van der Waals surface area contributed by atoms with Crippen molar-refractivity contribution in [1.82, 2.24) is 4.90 Å². The van der Waals surface area contributed by atoms with E-state index in [4.69, 9.17) is 18.9 Å². The fourth-order valence-corrected chi connectivity index (χ4v) is 3.13. The van der Waals surface area contributed by atoms with Crippen LogP contribution in [0.1, 0.15) is 23.6 Å². The molecule has 0 bridgehead atoms. The predicted octanol–water partition coefficient (Wildman–Crippen LogP) is 2.32. The first-order chi connectivity index (χ1) is 11.6. The van der Waals surface area contributed by atoms with Gasteiger partial charge >= 0.3 is 0 Å². The van der Waals surface area contributed by atoms with Crippen molar-refractivity contribution in [2.24, 2.45) is 0 Å². The van der Waals surface area contributed by atoms with Gasteiger partial charge < -0.3 is 23.8 Å². The molecule has 24 heavy (non-hydrogen) atoms. The Labute approximate surface area is 142 Å². The van der Waals surface area contributed by atoms with Crippen molar-refractivity contribution in [3.05, 3.63) is 35.9 Å². The van der Waals surface area contributed by atoms with E-state index in [2.05, 4.69) is 6.58 Å². The van der Waals surface area contributed by atoms with Crippen LogP contribution in [-0.4, -0.2) is 52.1 Å². The van der Waals surface area contributed by atoms with Gasteiger partial charge in [-0.2, -0.15) is 0 Å². The number of fused-ring (bicyclic) bond motifs is 1. The molecule has 1 aromatic carbocycles. The zero-order valence-electron chi connectivity index (χ0n) is 14.7. The van der Waals surface area contributed by atoms with Gasteiger partial charge in [-0.25, -0.2) is 0 Å². The summed E-state index contributed by atoms with van der Waals surface area (Å²) in [4.78, 5) is 14.1. The Morgan fingerprint density at radius 1 is 1.25 bits per heavy atom. The first-order valence-corrected chi connectivity index (χ1v) is 7.83. The summed E-state index contributed by atoms with van der Waals surface area (Å²) in [5.41, 5.74) is 2.16. The van der Waals surface area contributed by atoms with Gasteiger partial charge in [-0.1, -0.05) is 6.58 Å². The Kier molecular flexibility index (Phi) is 6.23. The van der Waals surface area contributed by atoms with Crippen molar-refractivity contribution in [3.63, 3.8) is 0 Å². The molecule has 0 radical (unpaired) electrons. The molecule has 0 aromatic heterocycles. The molecule has 0 saturated heterocycles. The van der Waals surface area contributed by atoms with E-state index in [1.54, 1.807) is 33.3 Å². The summed E-state index contributed by atoms with van der Waals surface area (Å²) in [7, 11) is 6.39. The maximum absolute atomic E-state index is 12.3. The maximum Gasteiger partial charge on any atom is 0.246 e. The minimum Gasteiger partial charge on any atom is -0.493 e. The van der Waals surface area contributed by atoms with Crippen LogP contribution in [0.5, 0.6) is 11.5 Å². The Bertz CT molecular complexity index is 597. The van der Waals surface area contributed by atoms with E-state index in [9.17, 15) is 4.79 Å². The van der Waals surface area contributed by atoms with Gasteiger partial charge in [0.05, 0.1) is 20.3 Å². The van der Waals surface area contributed by atoms with Crippen LogP contribution >= 0.6 is 0 Å². The van der Waals surface area contributed by atoms with Gasteiger partial charge in [0.2, 0.25) is 5.91 Å². The molecule has 6 nitrogen and oxygen atoms in total. The van der Waals surface area contributed by atoms with Gasteiger partial charge in [-0.05, 0) is 35.8 Å². The highest BCUT2D eigenvalue weighted by Crippen LogP contribution is 2.40. The molecular formula is C18H25NO5. The molecule has 1 aromatic rings. The fraction of sp³-hybridized carbons (Fsp3) is 0.500. The van der Waals surface area contributed by atoms with Gasteiger partial charge in [0, 0.05) is 27.2 Å². The highest BCUT2D eigenvalue weighted by Gasteiger charge is 2.33. The molecule has 0 saturated carbocycles. The quantitative estimate of drug-likeness (QED) is 0.565. The van der Waals surface area contributed by atoms with Crippen LogP contribution in [0.2, 0.25) is 0 Å². The topological polar surface area (TPSA) is 57.2 Å². The van der Waals surface area contributed by atoms with Gasteiger partial charge in [-0.3, -0.25) is 4.79 Å². The van der Waals surface area contributed by atoms with E-state index in [0.29, 0.717) is 24.5 Å². The Morgan fingerprint density at radius 3 is 2.42 bits per heavy atom. The van der Waals surface area contributed by atoms with Crippen LogP contribution in [0.15, 0.2) is 24.8 Å². The van der Waals surface area contributed by atoms with E-state index in [1.165, 1.54) is 6.08 Å².